The molecule has 2 aromatic rings. The summed E-state index contributed by atoms with van der Waals surface area (Å²) in [5.74, 6) is 0.361. The van der Waals surface area contributed by atoms with Gasteiger partial charge in [0.25, 0.3) is 5.91 Å². The van der Waals surface area contributed by atoms with Gasteiger partial charge in [0.15, 0.2) is 0 Å². The fraction of sp³-hybridized carbons (Fsp3) is 0.381. The molecule has 7 nitrogen and oxygen atoms in total. The van der Waals surface area contributed by atoms with E-state index in [-0.39, 0.29) is 40.5 Å². The van der Waals surface area contributed by atoms with Gasteiger partial charge >= 0.3 is 0 Å². The third-order valence-electron chi connectivity index (χ3n) is 5.26. The maximum absolute atomic E-state index is 13.1. The summed E-state index contributed by atoms with van der Waals surface area (Å²) < 4.78 is 38.0. The van der Waals surface area contributed by atoms with Gasteiger partial charge in [-0.2, -0.15) is 4.31 Å². The number of para-hydroxylation sites is 1. The van der Waals surface area contributed by atoms with Crippen molar-refractivity contribution in [1.82, 2.24) is 9.21 Å². The molecule has 1 aliphatic rings. The lowest BCUT2D eigenvalue weighted by Gasteiger charge is -2.28. The Morgan fingerprint density at radius 1 is 1.20 bits per heavy atom. The van der Waals surface area contributed by atoms with Gasteiger partial charge in [0.1, 0.15) is 10.6 Å². The zero-order valence-corrected chi connectivity index (χ0v) is 18.7. The summed E-state index contributed by atoms with van der Waals surface area (Å²) in [6.07, 6.45) is 0. The lowest BCUT2D eigenvalue weighted by Crippen LogP contribution is -2.40. The molecular weight excluding hydrogens is 428 g/mol. The van der Waals surface area contributed by atoms with E-state index in [4.69, 9.17) is 21.1 Å². The van der Waals surface area contributed by atoms with Gasteiger partial charge in [-0.1, -0.05) is 29.8 Å². The van der Waals surface area contributed by atoms with Crippen molar-refractivity contribution in [3.05, 3.63) is 58.6 Å². The minimum Gasteiger partial charge on any atom is -0.496 e. The highest BCUT2D eigenvalue weighted by molar-refractivity contribution is 7.89. The van der Waals surface area contributed by atoms with Gasteiger partial charge in [0.2, 0.25) is 10.0 Å². The molecule has 1 saturated heterocycles. The topological polar surface area (TPSA) is 76.2 Å². The van der Waals surface area contributed by atoms with Crippen molar-refractivity contribution in [3.8, 4) is 5.75 Å². The van der Waals surface area contributed by atoms with Crippen molar-refractivity contribution in [2.24, 2.45) is 0 Å². The highest BCUT2D eigenvalue weighted by Gasteiger charge is 2.30. The summed E-state index contributed by atoms with van der Waals surface area (Å²) in [4.78, 5) is 14.6. The van der Waals surface area contributed by atoms with Crippen LogP contribution >= 0.6 is 11.6 Å². The average Bonchev–Trinajstić information content (AvgIpc) is 2.78. The van der Waals surface area contributed by atoms with Gasteiger partial charge < -0.3 is 14.4 Å². The van der Waals surface area contributed by atoms with Crippen LogP contribution < -0.4 is 4.74 Å². The number of morpholine rings is 1. The second kappa shape index (κ2) is 9.34. The maximum Gasteiger partial charge on any atom is 0.254 e. The van der Waals surface area contributed by atoms with Crippen molar-refractivity contribution >= 4 is 27.5 Å². The lowest BCUT2D eigenvalue weighted by molar-refractivity contribution is 0.0728. The van der Waals surface area contributed by atoms with Crippen LogP contribution in [-0.2, 0) is 14.8 Å². The average molecular weight is 453 g/mol. The lowest BCUT2D eigenvalue weighted by atomic mass is 10.0. The van der Waals surface area contributed by atoms with Crippen molar-refractivity contribution in [2.75, 3.05) is 40.5 Å². The van der Waals surface area contributed by atoms with Crippen molar-refractivity contribution in [1.29, 1.82) is 0 Å². The second-order valence-corrected chi connectivity index (χ2v) is 9.31. The molecule has 1 heterocycles. The molecule has 9 heteroatoms. The summed E-state index contributed by atoms with van der Waals surface area (Å²) in [5.41, 5.74) is 1.10. The first-order chi connectivity index (χ1) is 14.3. The zero-order valence-electron chi connectivity index (χ0n) is 17.2. The Bertz CT molecular complexity index is 1020. The van der Waals surface area contributed by atoms with E-state index in [2.05, 4.69) is 0 Å². The molecule has 162 valence electrons. The quantitative estimate of drug-likeness (QED) is 0.672. The van der Waals surface area contributed by atoms with E-state index in [1.165, 1.54) is 22.5 Å². The van der Waals surface area contributed by atoms with Gasteiger partial charge in [-0.25, -0.2) is 8.42 Å². The van der Waals surface area contributed by atoms with Gasteiger partial charge in [0, 0.05) is 31.3 Å². The number of hydrogen-bond acceptors (Lipinski definition) is 5. The van der Waals surface area contributed by atoms with Gasteiger partial charge in [-0.3, -0.25) is 4.79 Å². The molecule has 0 aromatic heterocycles. The molecule has 1 aliphatic heterocycles. The number of amides is 1. The minimum atomic E-state index is -3.83. The van der Waals surface area contributed by atoms with Crippen LogP contribution in [0.4, 0.5) is 0 Å². The Balaban J connectivity index is 1.90. The SMILES string of the molecule is COc1ccccc1C(C)N(C)C(=O)c1ccc(Cl)c(S(=O)(=O)N2CCOCC2)c1. The number of rotatable bonds is 6. The fourth-order valence-corrected chi connectivity index (χ4v) is 5.27. The van der Waals surface area contributed by atoms with Crippen LogP contribution in [0.5, 0.6) is 5.75 Å². The first kappa shape index (κ1) is 22.6. The van der Waals surface area contributed by atoms with Crippen LogP contribution in [0.1, 0.15) is 28.9 Å². The number of sulfonamides is 1. The van der Waals surface area contributed by atoms with E-state index < -0.39 is 10.0 Å². The third kappa shape index (κ3) is 4.46. The second-order valence-electron chi connectivity index (χ2n) is 7.00. The van der Waals surface area contributed by atoms with Crippen LogP contribution in [0.3, 0.4) is 0 Å². The van der Waals surface area contributed by atoms with Crippen LogP contribution in [0.15, 0.2) is 47.4 Å². The molecule has 0 spiro atoms. The predicted molar refractivity (Wildman–Crippen MR) is 115 cm³/mol. The van der Waals surface area contributed by atoms with E-state index in [1.807, 2.05) is 31.2 Å². The molecule has 3 rings (SSSR count). The largest absolute Gasteiger partial charge is 0.496 e. The molecule has 30 heavy (non-hydrogen) atoms. The van der Waals surface area contributed by atoms with Crippen LogP contribution in [-0.4, -0.2) is 64.0 Å². The Hall–Kier alpha value is -2.13. The molecule has 0 aliphatic carbocycles. The zero-order chi connectivity index (χ0) is 21.9. The van der Waals surface area contributed by atoms with Crippen LogP contribution in [0.2, 0.25) is 5.02 Å². The Morgan fingerprint density at radius 3 is 2.53 bits per heavy atom. The molecule has 1 amide bonds. The molecule has 0 radical (unpaired) electrons. The number of carbonyl (C=O) groups is 1. The third-order valence-corrected chi connectivity index (χ3v) is 7.64. The standard InChI is InChI=1S/C21H25ClN2O5S/c1-15(17-6-4-5-7-19(17)28-3)23(2)21(25)16-8-9-18(22)20(14-16)30(26,27)24-10-12-29-13-11-24/h4-9,14-15H,10-13H2,1-3H3. The monoisotopic (exact) mass is 452 g/mol. The number of nitrogens with zero attached hydrogens (tertiary/aromatic N) is 2. The van der Waals surface area contributed by atoms with Crippen LogP contribution in [0.25, 0.3) is 0 Å². The van der Waals surface area contributed by atoms with Gasteiger partial charge in [-0.15, -0.1) is 0 Å². The number of halogens is 1. The van der Waals surface area contributed by atoms with E-state index >= 15 is 0 Å². The summed E-state index contributed by atoms with van der Waals surface area (Å²) >= 11 is 6.20. The van der Waals surface area contributed by atoms with E-state index in [0.29, 0.717) is 19.0 Å². The molecule has 0 N–H and O–H groups in total. The number of hydrogen-bond donors (Lipinski definition) is 0. The number of methoxy groups -OCH3 is 1. The van der Waals surface area contributed by atoms with Gasteiger partial charge in [-0.05, 0) is 31.2 Å². The maximum atomic E-state index is 13.1. The first-order valence-electron chi connectivity index (χ1n) is 9.55. The fourth-order valence-electron chi connectivity index (χ4n) is 3.36. The Labute approximate surface area is 182 Å². The summed E-state index contributed by atoms with van der Waals surface area (Å²) in [7, 11) is -0.577. The summed E-state index contributed by atoms with van der Waals surface area (Å²) in [6.45, 7) is 3.05. The van der Waals surface area contributed by atoms with Crippen molar-refractivity contribution in [2.45, 2.75) is 17.9 Å². The highest BCUT2D eigenvalue weighted by atomic mass is 35.5. The Kier molecular flexibility index (Phi) is 7.02. The van der Waals surface area contributed by atoms with Crippen LogP contribution in [0, 0.1) is 0 Å². The van der Waals surface area contributed by atoms with E-state index in [0.717, 1.165) is 5.56 Å². The Morgan fingerprint density at radius 2 is 1.87 bits per heavy atom. The molecule has 0 saturated carbocycles. The van der Waals surface area contributed by atoms with Crippen molar-refractivity contribution < 1.29 is 22.7 Å². The van der Waals surface area contributed by atoms with E-state index in [1.54, 1.807) is 19.1 Å². The summed E-state index contributed by atoms with van der Waals surface area (Å²) in [6, 6.07) is 11.5. The minimum absolute atomic E-state index is 0.0738. The molecule has 2 aromatic carbocycles. The summed E-state index contributed by atoms with van der Waals surface area (Å²) in [5, 5.41) is 0.0819. The number of benzene rings is 2. The predicted octanol–water partition coefficient (Wildman–Crippen LogP) is 3.20. The molecule has 0 bridgehead atoms. The normalized spacial score (nSPS) is 16.1. The van der Waals surface area contributed by atoms with E-state index in [9.17, 15) is 13.2 Å². The van der Waals surface area contributed by atoms with Gasteiger partial charge in [0.05, 0.1) is 31.4 Å². The van der Waals surface area contributed by atoms with Crippen molar-refractivity contribution in [3.63, 3.8) is 0 Å². The molecule has 1 unspecified atom stereocenters. The molecule has 1 fully saturated rings. The highest BCUT2D eigenvalue weighted by Crippen LogP contribution is 2.31. The number of ether oxygens (including phenoxy) is 2. The molecular formula is C21H25ClN2O5S. The molecule has 1 atom stereocenters. The first-order valence-corrected chi connectivity index (χ1v) is 11.4. The number of carbonyl (C=O) groups excluding carboxylic acids is 1. The smallest absolute Gasteiger partial charge is 0.254 e.